The number of aliphatic hydroxyl groups is 1. The Bertz CT molecular complexity index is 968. The van der Waals surface area contributed by atoms with Gasteiger partial charge in [0.25, 0.3) is 5.91 Å². The third-order valence-electron chi connectivity index (χ3n) is 6.27. The van der Waals surface area contributed by atoms with Gasteiger partial charge in [0.05, 0.1) is 23.3 Å². The van der Waals surface area contributed by atoms with Crippen molar-refractivity contribution in [2.75, 3.05) is 11.9 Å². The second kappa shape index (κ2) is 5.92. The number of nitrogens with one attached hydrogen (secondary N) is 1. The zero-order valence-electron chi connectivity index (χ0n) is 14.5. The summed E-state index contributed by atoms with van der Waals surface area (Å²) in [5, 5.41) is 13.1. The smallest absolute Gasteiger partial charge is 0.291 e. The maximum absolute atomic E-state index is 13.1. The second-order valence-corrected chi connectivity index (χ2v) is 9.56. The SMILES string of the molecule is O=C(Nc1ccc(S(=O)(=O)N2CC3CC4CC3C2C4O)cc1)c1ccco1. The minimum absolute atomic E-state index is 0.176. The lowest BCUT2D eigenvalue weighted by Gasteiger charge is -2.28. The zero-order valence-corrected chi connectivity index (χ0v) is 15.3. The van der Waals surface area contributed by atoms with Crippen LogP contribution in [0.25, 0.3) is 0 Å². The van der Waals surface area contributed by atoms with Crippen molar-refractivity contribution in [3.8, 4) is 0 Å². The molecule has 3 aliphatic rings. The van der Waals surface area contributed by atoms with Crippen molar-refractivity contribution >= 4 is 21.6 Å². The molecule has 27 heavy (non-hydrogen) atoms. The van der Waals surface area contributed by atoms with Crippen LogP contribution >= 0.6 is 0 Å². The monoisotopic (exact) mass is 388 g/mol. The molecule has 2 N–H and O–H groups in total. The van der Waals surface area contributed by atoms with E-state index in [4.69, 9.17) is 4.42 Å². The van der Waals surface area contributed by atoms with E-state index in [2.05, 4.69) is 5.32 Å². The predicted molar refractivity (Wildman–Crippen MR) is 96.5 cm³/mol. The van der Waals surface area contributed by atoms with Gasteiger partial charge < -0.3 is 14.8 Å². The highest BCUT2D eigenvalue weighted by atomic mass is 32.2. The molecule has 5 rings (SSSR count). The number of hydrogen-bond donors (Lipinski definition) is 2. The van der Waals surface area contributed by atoms with Gasteiger partial charge in [0, 0.05) is 12.2 Å². The summed E-state index contributed by atoms with van der Waals surface area (Å²) in [5.41, 5.74) is 0.484. The molecule has 7 nitrogen and oxygen atoms in total. The normalized spacial score (nSPS) is 32.1. The van der Waals surface area contributed by atoms with Crippen LogP contribution in [0.5, 0.6) is 0 Å². The maximum Gasteiger partial charge on any atom is 0.291 e. The number of carbonyl (C=O) groups is 1. The van der Waals surface area contributed by atoms with Gasteiger partial charge >= 0.3 is 0 Å². The van der Waals surface area contributed by atoms with E-state index >= 15 is 0 Å². The molecule has 8 heteroatoms. The Morgan fingerprint density at radius 2 is 1.93 bits per heavy atom. The van der Waals surface area contributed by atoms with E-state index in [1.165, 1.54) is 22.7 Å². The molecule has 2 aliphatic carbocycles. The van der Waals surface area contributed by atoms with E-state index in [9.17, 15) is 18.3 Å². The lowest BCUT2D eigenvalue weighted by Crippen LogP contribution is -2.43. The van der Waals surface area contributed by atoms with Gasteiger partial charge in [-0.25, -0.2) is 8.42 Å². The van der Waals surface area contributed by atoms with E-state index in [0.717, 1.165) is 12.8 Å². The van der Waals surface area contributed by atoms with Crippen molar-refractivity contribution in [3.05, 3.63) is 48.4 Å². The van der Waals surface area contributed by atoms with Gasteiger partial charge in [-0.2, -0.15) is 4.31 Å². The van der Waals surface area contributed by atoms with Crippen LogP contribution in [0.3, 0.4) is 0 Å². The molecule has 5 atom stereocenters. The number of aliphatic hydroxyl groups excluding tert-OH is 1. The van der Waals surface area contributed by atoms with E-state index in [1.807, 2.05) is 0 Å². The summed E-state index contributed by atoms with van der Waals surface area (Å²) >= 11 is 0. The van der Waals surface area contributed by atoms with Crippen LogP contribution in [0.4, 0.5) is 5.69 Å². The number of carbonyl (C=O) groups excluding carboxylic acids is 1. The summed E-state index contributed by atoms with van der Waals surface area (Å²) in [5.74, 6) is 0.678. The first-order valence-electron chi connectivity index (χ1n) is 9.10. The fourth-order valence-electron chi connectivity index (χ4n) is 5.08. The Balaban J connectivity index is 1.36. The number of anilines is 1. The molecule has 2 heterocycles. The standard InChI is InChI=1S/C19H20N2O5S/c22-18-11-8-12-10-21(17(18)15(12)9-11)27(24,25)14-5-3-13(4-6-14)20-19(23)16-2-1-7-26-16/h1-7,11-12,15,17-18,22H,8-10H2,(H,20,23). The summed E-state index contributed by atoms with van der Waals surface area (Å²) < 4.78 is 32.8. The number of furan rings is 1. The van der Waals surface area contributed by atoms with Gasteiger partial charge in [-0.1, -0.05) is 0 Å². The molecule has 5 unspecified atom stereocenters. The Morgan fingerprint density at radius 1 is 1.15 bits per heavy atom. The molecule has 1 aromatic heterocycles. The number of benzene rings is 1. The number of hydrogen-bond acceptors (Lipinski definition) is 5. The van der Waals surface area contributed by atoms with Crippen LogP contribution in [0, 0.1) is 17.8 Å². The van der Waals surface area contributed by atoms with Crippen molar-refractivity contribution in [1.82, 2.24) is 4.31 Å². The van der Waals surface area contributed by atoms with Crippen LogP contribution in [0.2, 0.25) is 0 Å². The Hall–Kier alpha value is -2.16. The molecule has 2 saturated carbocycles. The Morgan fingerprint density at radius 3 is 2.59 bits per heavy atom. The molecule has 0 spiro atoms. The molecule has 1 aromatic carbocycles. The quantitative estimate of drug-likeness (QED) is 0.834. The molecular formula is C19H20N2O5S. The Labute approximate surface area is 157 Å². The second-order valence-electron chi connectivity index (χ2n) is 7.67. The van der Waals surface area contributed by atoms with Gasteiger partial charge in [-0.3, -0.25) is 4.79 Å². The summed E-state index contributed by atoms with van der Waals surface area (Å²) in [6, 6.07) is 8.99. The number of amides is 1. The van der Waals surface area contributed by atoms with Crippen LogP contribution in [-0.4, -0.2) is 42.4 Å². The first-order chi connectivity index (χ1) is 12.9. The molecular weight excluding hydrogens is 368 g/mol. The lowest BCUT2D eigenvalue weighted by atomic mass is 9.88. The van der Waals surface area contributed by atoms with E-state index < -0.39 is 22.0 Å². The summed E-state index contributed by atoms with van der Waals surface area (Å²) in [4.78, 5) is 12.2. The Kier molecular flexibility index (Phi) is 3.72. The van der Waals surface area contributed by atoms with Gasteiger partial charge in [0.2, 0.25) is 10.0 Å². The van der Waals surface area contributed by atoms with Crippen molar-refractivity contribution in [1.29, 1.82) is 0 Å². The molecule has 1 amide bonds. The fourth-order valence-corrected chi connectivity index (χ4v) is 6.82. The fraction of sp³-hybridized carbons (Fsp3) is 0.421. The van der Waals surface area contributed by atoms with E-state index in [0.29, 0.717) is 18.2 Å². The molecule has 142 valence electrons. The van der Waals surface area contributed by atoms with Crippen molar-refractivity contribution in [2.24, 2.45) is 17.8 Å². The van der Waals surface area contributed by atoms with Crippen molar-refractivity contribution in [2.45, 2.75) is 29.9 Å². The first kappa shape index (κ1) is 17.0. The molecule has 2 bridgehead atoms. The molecule has 1 aliphatic heterocycles. The van der Waals surface area contributed by atoms with Crippen LogP contribution < -0.4 is 5.32 Å². The molecule has 1 saturated heterocycles. The van der Waals surface area contributed by atoms with Crippen LogP contribution in [0.15, 0.2) is 52.0 Å². The largest absolute Gasteiger partial charge is 0.459 e. The average molecular weight is 388 g/mol. The average Bonchev–Trinajstić information content (AvgIpc) is 3.39. The van der Waals surface area contributed by atoms with Gasteiger partial charge in [-0.05, 0) is 67.0 Å². The topological polar surface area (TPSA) is 99.9 Å². The minimum atomic E-state index is -3.68. The van der Waals surface area contributed by atoms with Crippen molar-refractivity contribution < 1.29 is 22.7 Å². The van der Waals surface area contributed by atoms with Crippen LogP contribution in [-0.2, 0) is 10.0 Å². The molecule has 2 aromatic rings. The number of sulfonamides is 1. The van der Waals surface area contributed by atoms with Crippen molar-refractivity contribution in [3.63, 3.8) is 0 Å². The number of fused-ring (bicyclic) bond motifs is 1. The highest BCUT2D eigenvalue weighted by molar-refractivity contribution is 7.89. The van der Waals surface area contributed by atoms with Gasteiger partial charge in [0.15, 0.2) is 5.76 Å². The number of nitrogens with zero attached hydrogens (tertiary/aromatic N) is 1. The number of rotatable bonds is 4. The highest BCUT2D eigenvalue weighted by Gasteiger charge is 2.61. The van der Waals surface area contributed by atoms with E-state index in [1.54, 1.807) is 24.3 Å². The summed E-state index contributed by atoms with van der Waals surface area (Å²) in [6.07, 6.45) is 2.71. The highest BCUT2D eigenvalue weighted by Crippen LogP contribution is 2.56. The molecule has 0 radical (unpaired) electrons. The summed E-state index contributed by atoms with van der Waals surface area (Å²) in [7, 11) is -3.68. The lowest BCUT2D eigenvalue weighted by molar-refractivity contribution is 0.0731. The zero-order chi connectivity index (χ0) is 18.8. The van der Waals surface area contributed by atoms with E-state index in [-0.39, 0.29) is 28.5 Å². The maximum atomic E-state index is 13.1. The summed E-state index contributed by atoms with van der Waals surface area (Å²) in [6.45, 7) is 0.488. The van der Waals surface area contributed by atoms with Gasteiger partial charge in [0.1, 0.15) is 0 Å². The predicted octanol–water partition coefficient (Wildman–Crippen LogP) is 1.92. The molecule has 3 fully saturated rings. The minimum Gasteiger partial charge on any atom is -0.459 e. The third kappa shape index (κ3) is 2.55. The van der Waals surface area contributed by atoms with Gasteiger partial charge in [-0.15, -0.1) is 0 Å². The third-order valence-corrected chi connectivity index (χ3v) is 8.15. The first-order valence-corrected chi connectivity index (χ1v) is 10.5. The van der Waals surface area contributed by atoms with Crippen LogP contribution in [0.1, 0.15) is 23.4 Å².